The van der Waals surface area contributed by atoms with Crippen LogP contribution in [0.5, 0.6) is 11.5 Å². The summed E-state index contributed by atoms with van der Waals surface area (Å²) in [5, 5.41) is 11.0. The standard InChI is InChI=1S/C22H19N3O4/c1-13(19-10-14-4-2-3-5-17(14)29-19)24-22(26)16-12-23-25-21(16)15-6-7-18-20(11-15)28-9-8-27-18/h2-7,10-13H,8-9H2,1H3,(H,23,25)(H,24,26)/t13-/m0/s1. The Bertz CT molecular complexity index is 1160. The fourth-order valence-electron chi connectivity index (χ4n) is 3.44. The van der Waals surface area contributed by atoms with E-state index in [0.29, 0.717) is 41.7 Å². The predicted molar refractivity (Wildman–Crippen MR) is 107 cm³/mol. The Balaban J connectivity index is 1.39. The van der Waals surface area contributed by atoms with Crippen molar-refractivity contribution in [1.29, 1.82) is 0 Å². The van der Waals surface area contributed by atoms with Crippen molar-refractivity contribution >= 4 is 16.9 Å². The second-order valence-corrected chi connectivity index (χ2v) is 6.90. The molecule has 7 heteroatoms. The summed E-state index contributed by atoms with van der Waals surface area (Å²) in [6.45, 7) is 2.92. The van der Waals surface area contributed by atoms with Gasteiger partial charge in [0.05, 0.1) is 23.5 Å². The highest BCUT2D eigenvalue weighted by Crippen LogP contribution is 2.35. The molecule has 0 radical (unpaired) electrons. The number of fused-ring (bicyclic) bond motifs is 2. The van der Waals surface area contributed by atoms with Crippen molar-refractivity contribution in [2.24, 2.45) is 0 Å². The van der Waals surface area contributed by atoms with E-state index in [2.05, 4.69) is 15.5 Å². The number of aromatic amines is 1. The lowest BCUT2D eigenvalue weighted by molar-refractivity contribution is 0.0936. The van der Waals surface area contributed by atoms with Gasteiger partial charge in [-0.3, -0.25) is 9.89 Å². The Morgan fingerprint density at radius 2 is 1.93 bits per heavy atom. The molecule has 1 aliphatic rings. The Morgan fingerprint density at radius 3 is 2.79 bits per heavy atom. The normalized spacial score (nSPS) is 14.0. The van der Waals surface area contributed by atoms with Gasteiger partial charge in [-0.15, -0.1) is 0 Å². The zero-order valence-electron chi connectivity index (χ0n) is 15.8. The maximum Gasteiger partial charge on any atom is 0.255 e. The zero-order valence-corrected chi connectivity index (χ0v) is 15.8. The summed E-state index contributed by atoms with van der Waals surface area (Å²) in [5.74, 6) is 1.81. The van der Waals surface area contributed by atoms with Crippen molar-refractivity contribution in [2.45, 2.75) is 13.0 Å². The smallest absolute Gasteiger partial charge is 0.255 e. The van der Waals surface area contributed by atoms with Crippen LogP contribution in [0.2, 0.25) is 0 Å². The highest BCUT2D eigenvalue weighted by Gasteiger charge is 2.21. The van der Waals surface area contributed by atoms with E-state index in [1.807, 2.05) is 55.5 Å². The fourth-order valence-corrected chi connectivity index (χ4v) is 3.44. The van der Waals surface area contributed by atoms with Crippen molar-refractivity contribution in [3.63, 3.8) is 0 Å². The van der Waals surface area contributed by atoms with E-state index in [1.54, 1.807) is 0 Å². The molecule has 0 unspecified atom stereocenters. The number of hydrogen-bond donors (Lipinski definition) is 2. The van der Waals surface area contributed by atoms with Crippen LogP contribution < -0.4 is 14.8 Å². The molecule has 0 bridgehead atoms. The number of rotatable bonds is 4. The van der Waals surface area contributed by atoms with Crippen molar-refractivity contribution in [3.05, 3.63) is 66.1 Å². The first-order valence-electron chi connectivity index (χ1n) is 9.42. The van der Waals surface area contributed by atoms with Crippen molar-refractivity contribution in [1.82, 2.24) is 15.5 Å². The molecule has 2 aromatic heterocycles. The quantitative estimate of drug-likeness (QED) is 0.549. The Morgan fingerprint density at radius 1 is 1.10 bits per heavy atom. The van der Waals surface area contributed by atoms with E-state index >= 15 is 0 Å². The Kier molecular flexibility index (Phi) is 4.20. The summed E-state index contributed by atoms with van der Waals surface area (Å²) in [5.41, 5.74) is 2.66. The molecule has 0 aliphatic carbocycles. The van der Waals surface area contributed by atoms with E-state index in [4.69, 9.17) is 13.9 Å². The SMILES string of the molecule is C[C@H](NC(=O)c1cn[nH]c1-c1ccc2c(c1)OCCO2)c1cc2ccccc2o1. The number of furan rings is 1. The van der Waals surface area contributed by atoms with Crippen molar-refractivity contribution in [2.75, 3.05) is 13.2 Å². The maximum absolute atomic E-state index is 12.9. The van der Waals surface area contributed by atoms with E-state index in [-0.39, 0.29) is 11.9 Å². The molecule has 3 heterocycles. The molecular weight excluding hydrogens is 370 g/mol. The summed E-state index contributed by atoms with van der Waals surface area (Å²) >= 11 is 0. The van der Waals surface area contributed by atoms with Gasteiger partial charge in [0.15, 0.2) is 11.5 Å². The van der Waals surface area contributed by atoms with Gasteiger partial charge in [-0.05, 0) is 37.3 Å². The molecule has 0 saturated carbocycles. The zero-order chi connectivity index (χ0) is 19.8. The highest BCUT2D eigenvalue weighted by molar-refractivity contribution is 6.00. The summed E-state index contributed by atoms with van der Waals surface area (Å²) < 4.78 is 17.1. The predicted octanol–water partition coefficient (Wildman–Crippen LogP) is 4.09. The second-order valence-electron chi connectivity index (χ2n) is 6.90. The average Bonchev–Trinajstić information content (AvgIpc) is 3.40. The number of nitrogens with zero attached hydrogens (tertiary/aromatic N) is 1. The number of benzene rings is 2. The molecule has 29 heavy (non-hydrogen) atoms. The second kappa shape index (κ2) is 7.01. The monoisotopic (exact) mass is 389 g/mol. The molecule has 1 atom stereocenters. The molecule has 2 N–H and O–H groups in total. The molecule has 146 valence electrons. The first-order chi connectivity index (χ1) is 14.2. The number of aromatic nitrogens is 2. The Hall–Kier alpha value is -3.74. The van der Waals surface area contributed by atoms with Gasteiger partial charge in [-0.1, -0.05) is 18.2 Å². The summed E-state index contributed by atoms with van der Waals surface area (Å²) in [6.07, 6.45) is 1.52. The average molecular weight is 389 g/mol. The number of H-pyrrole nitrogens is 1. The molecular formula is C22H19N3O4. The number of ether oxygens (including phenoxy) is 2. The summed E-state index contributed by atoms with van der Waals surface area (Å²) in [6, 6.07) is 15.0. The van der Waals surface area contributed by atoms with E-state index in [9.17, 15) is 4.79 Å². The molecule has 1 amide bonds. The van der Waals surface area contributed by atoms with Crippen LogP contribution in [0.4, 0.5) is 0 Å². The van der Waals surface area contributed by atoms with E-state index in [0.717, 1.165) is 16.5 Å². The number of carbonyl (C=O) groups excluding carboxylic acids is 1. The van der Waals surface area contributed by atoms with Crippen LogP contribution in [0.1, 0.15) is 29.1 Å². The minimum atomic E-state index is -0.294. The minimum absolute atomic E-state index is 0.239. The van der Waals surface area contributed by atoms with Crippen molar-refractivity contribution in [3.8, 4) is 22.8 Å². The number of carbonyl (C=O) groups is 1. The number of nitrogens with one attached hydrogen (secondary N) is 2. The summed E-state index contributed by atoms with van der Waals surface area (Å²) in [4.78, 5) is 12.9. The van der Waals surface area contributed by atoms with Gasteiger partial charge < -0.3 is 19.2 Å². The number of amides is 1. The van der Waals surface area contributed by atoms with E-state index < -0.39 is 0 Å². The first-order valence-corrected chi connectivity index (χ1v) is 9.42. The van der Waals surface area contributed by atoms with Crippen LogP contribution in [0.25, 0.3) is 22.2 Å². The van der Waals surface area contributed by atoms with Gasteiger partial charge in [0.2, 0.25) is 0 Å². The van der Waals surface area contributed by atoms with Gasteiger partial charge in [0.1, 0.15) is 24.6 Å². The van der Waals surface area contributed by atoms with Gasteiger partial charge in [-0.25, -0.2) is 0 Å². The third kappa shape index (κ3) is 3.20. The van der Waals surface area contributed by atoms with Crippen LogP contribution in [0.3, 0.4) is 0 Å². The Labute approximate surface area is 166 Å². The molecule has 0 spiro atoms. The van der Waals surface area contributed by atoms with Crippen LogP contribution >= 0.6 is 0 Å². The van der Waals surface area contributed by atoms with Crippen molar-refractivity contribution < 1.29 is 18.7 Å². The molecule has 0 fully saturated rings. The fraction of sp³-hybridized carbons (Fsp3) is 0.182. The highest BCUT2D eigenvalue weighted by atomic mass is 16.6. The first kappa shape index (κ1) is 17.4. The molecule has 4 aromatic rings. The van der Waals surface area contributed by atoms with Gasteiger partial charge in [0, 0.05) is 10.9 Å². The molecule has 7 nitrogen and oxygen atoms in total. The maximum atomic E-state index is 12.9. The van der Waals surface area contributed by atoms with Crippen LogP contribution in [-0.4, -0.2) is 29.3 Å². The largest absolute Gasteiger partial charge is 0.486 e. The number of para-hydroxylation sites is 1. The molecule has 2 aromatic carbocycles. The van der Waals surface area contributed by atoms with Gasteiger partial charge >= 0.3 is 0 Å². The lowest BCUT2D eigenvalue weighted by atomic mass is 10.1. The van der Waals surface area contributed by atoms with Crippen LogP contribution in [0.15, 0.2) is 59.1 Å². The topological polar surface area (TPSA) is 89.4 Å². The molecule has 1 aliphatic heterocycles. The molecule has 0 saturated heterocycles. The lowest BCUT2D eigenvalue weighted by Crippen LogP contribution is -2.26. The summed E-state index contributed by atoms with van der Waals surface area (Å²) in [7, 11) is 0. The lowest BCUT2D eigenvalue weighted by Gasteiger charge is -2.19. The third-order valence-corrected chi connectivity index (χ3v) is 4.93. The third-order valence-electron chi connectivity index (χ3n) is 4.93. The van der Waals surface area contributed by atoms with Crippen LogP contribution in [-0.2, 0) is 0 Å². The van der Waals surface area contributed by atoms with Gasteiger partial charge in [-0.2, -0.15) is 5.10 Å². The molecule has 5 rings (SSSR count). The van der Waals surface area contributed by atoms with Crippen LogP contribution in [0, 0.1) is 0 Å². The minimum Gasteiger partial charge on any atom is -0.486 e. The van der Waals surface area contributed by atoms with Gasteiger partial charge in [0.25, 0.3) is 5.91 Å². The van der Waals surface area contributed by atoms with E-state index in [1.165, 1.54) is 6.20 Å². The number of hydrogen-bond acceptors (Lipinski definition) is 5.